The van der Waals surface area contributed by atoms with Gasteiger partial charge in [0.15, 0.2) is 0 Å². The highest BCUT2D eigenvalue weighted by Gasteiger charge is 2.35. The fraction of sp³-hybridized carbons (Fsp3) is 0.929. The minimum absolute atomic E-state index is 0.139. The molecule has 0 N–H and O–H groups in total. The molecule has 122 valence electrons. The molecule has 0 radical (unpaired) electrons. The molecule has 0 aliphatic carbocycles. The Morgan fingerprint density at radius 1 is 1.10 bits per heavy atom. The summed E-state index contributed by atoms with van der Waals surface area (Å²) in [6.45, 7) is 4.64. The number of likely N-dealkylation sites (tertiary alicyclic amines) is 1. The number of hydrogen-bond donors (Lipinski definition) is 0. The molecule has 2 heterocycles. The second-order valence-corrected chi connectivity index (χ2v) is 8.66. The van der Waals surface area contributed by atoms with Crippen molar-refractivity contribution in [2.45, 2.75) is 32.6 Å². The van der Waals surface area contributed by atoms with E-state index in [4.69, 9.17) is 0 Å². The molecule has 0 spiro atoms. The minimum Gasteiger partial charge on any atom is -0.342 e. The molecule has 0 aromatic heterocycles. The van der Waals surface area contributed by atoms with Gasteiger partial charge >= 0.3 is 0 Å². The lowest BCUT2D eigenvalue weighted by atomic mass is 9.94. The molecule has 0 aromatic rings. The average molecular weight is 317 g/mol. The summed E-state index contributed by atoms with van der Waals surface area (Å²) in [6, 6.07) is 0. The quantitative estimate of drug-likeness (QED) is 0.772. The van der Waals surface area contributed by atoms with Crippen LogP contribution in [0.2, 0.25) is 0 Å². The van der Waals surface area contributed by atoms with E-state index in [-0.39, 0.29) is 11.8 Å². The summed E-state index contributed by atoms with van der Waals surface area (Å²) in [6.07, 6.45) is 3.78. The molecule has 2 atom stereocenters. The maximum absolute atomic E-state index is 12.6. The third kappa shape index (κ3) is 3.76. The number of rotatable bonds is 3. The average Bonchev–Trinajstić information content (AvgIpc) is 2.46. The standard InChI is InChI=1S/C14H27N3O3S/c1-12-6-4-8-16(10-12)14(18)13-7-5-9-17(11-13)21(19,20)15(2)3/h12-13H,4-11H2,1-3H3. The minimum atomic E-state index is -3.41. The van der Waals surface area contributed by atoms with Gasteiger partial charge in [-0.25, -0.2) is 0 Å². The Bertz CT molecular complexity index is 478. The van der Waals surface area contributed by atoms with Crippen molar-refractivity contribution in [1.82, 2.24) is 13.5 Å². The number of amides is 1. The SMILES string of the molecule is CC1CCCN(C(=O)C2CCCN(S(=O)(=O)N(C)C)C2)C1. The number of hydrogen-bond acceptors (Lipinski definition) is 3. The van der Waals surface area contributed by atoms with Crippen LogP contribution in [0.15, 0.2) is 0 Å². The third-order valence-electron chi connectivity index (χ3n) is 4.49. The van der Waals surface area contributed by atoms with Crippen molar-refractivity contribution in [3.8, 4) is 0 Å². The fourth-order valence-corrected chi connectivity index (χ4v) is 4.42. The number of carbonyl (C=O) groups is 1. The van der Waals surface area contributed by atoms with E-state index in [1.165, 1.54) is 29.1 Å². The van der Waals surface area contributed by atoms with Gasteiger partial charge in [0.2, 0.25) is 5.91 Å². The zero-order valence-electron chi connectivity index (χ0n) is 13.3. The van der Waals surface area contributed by atoms with Gasteiger partial charge in [-0.2, -0.15) is 17.0 Å². The highest BCUT2D eigenvalue weighted by atomic mass is 32.2. The Morgan fingerprint density at radius 2 is 1.76 bits per heavy atom. The van der Waals surface area contributed by atoms with Crippen molar-refractivity contribution in [2.24, 2.45) is 11.8 Å². The van der Waals surface area contributed by atoms with E-state index in [1.54, 1.807) is 0 Å². The predicted molar refractivity (Wildman–Crippen MR) is 81.9 cm³/mol. The lowest BCUT2D eigenvalue weighted by Gasteiger charge is -2.37. The van der Waals surface area contributed by atoms with Gasteiger partial charge in [-0.1, -0.05) is 6.92 Å². The van der Waals surface area contributed by atoms with Crippen LogP contribution in [0.3, 0.4) is 0 Å². The molecule has 2 saturated heterocycles. The Hall–Kier alpha value is -0.660. The van der Waals surface area contributed by atoms with Crippen molar-refractivity contribution in [2.75, 3.05) is 40.3 Å². The van der Waals surface area contributed by atoms with E-state index < -0.39 is 10.2 Å². The van der Waals surface area contributed by atoms with Crippen LogP contribution >= 0.6 is 0 Å². The normalized spacial score (nSPS) is 28.9. The van der Waals surface area contributed by atoms with Crippen LogP contribution in [0, 0.1) is 11.8 Å². The van der Waals surface area contributed by atoms with E-state index in [1.807, 2.05) is 4.90 Å². The lowest BCUT2D eigenvalue weighted by Crippen LogP contribution is -2.50. The Kier molecular flexibility index (Phi) is 5.27. The second kappa shape index (κ2) is 6.62. The smallest absolute Gasteiger partial charge is 0.281 e. The number of piperidine rings is 2. The molecule has 0 saturated carbocycles. The molecule has 2 aliphatic heterocycles. The third-order valence-corrected chi connectivity index (χ3v) is 6.40. The second-order valence-electron chi connectivity index (χ2n) is 6.52. The first-order chi connectivity index (χ1) is 9.82. The van der Waals surface area contributed by atoms with Crippen LogP contribution in [0.25, 0.3) is 0 Å². The maximum atomic E-state index is 12.6. The first-order valence-corrected chi connectivity index (χ1v) is 9.18. The van der Waals surface area contributed by atoms with Crippen molar-refractivity contribution in [1.29, 1.82) is 0 Å². The van der Waals surface area contributed by atoms with Gasteiger partial charge in [0.25, 0.3) is 10.2 Å². The largest absolute Gasteiger partial charge is 0.342 e. The zero-order valence-corrected chi connectivity index (χ0v) is 14.1. The van der Waals surface area contributed by atoms with Gasteiger partial charge in [0, 0.05) is 40.3 Å². The zero-order chi connectivity index (χ0) is 15.6. The monoisotopic (exact) mass is 317 g/mol. The Balaban J connectivity index is 2.02. The van der Waals surface area contributed by atoms with Gasteiger partial charge in [-0.3, -0.25) is 4.79 Å². The summed E-state index contributed by atoms with van der Waals surface area (Å²) in [4.78, 5) is 14.6. The highest BCUT2D eigenvalue weighted by Crippen LogP contribution is 2.24. The molecular weight excluding hydrogens is 290 g/mol. The topological polar surface area (TPSA) is 60.9 Å². The van der Waals surface area contributed by atoms with E-state index >= 15 is 0 Å². The summed E-state index contributed by atoms with van der Waals surface area (Å²) in [5.41, 5.74) is 0. The van der Waals surface area contributed by atoms with Gasteiger partial charge in [-0.15, -0.1) is 0 Å². The Labute approximate surface area is 128 Å². The van der Waals surface area contributed by atoms with E-state index in [0.717, 1.165) is 32.4 Å². The molecule has 6 nitrogen and oxygen atoms in total. The summed E-state index contributed by atoms with van der Waals surface area (Å²) >= 11 is 0. The number of nitrogens with zero attached hydrogens (tertiary/aromatic N) is 3. The lowest BCUT2D eigenvalue weighted by molar-refractivity contribution is -0.138. The highest BCUT2D eigenvalue weighted by molar-refractivity contribution is 7.86. The first kappa shape index (κ1) is 16.7. The van der Waals surface area contributed by atoms with Crippen LogP contribution in [0.4, 0.5) is 0 Å². The van der Waals surface area contributed by atoms with Gasteiger partial charge in [-0.05, 0) is 31.6 Å². The van der Waals surface area contributed by atoms with E-state index in [9.17, 15) is 13.2 Å². The molecule has 0 bridgehead atoms. The van der Waals surface area contributed by atoms with Gasteiger partial charge < -0.3 is 4.90 Å². The van der Waals surface area contributed by atoms with Crippen molar-refractivity contribution < 1.29 is 13.2 Å². The summed E-state index contributed by atoms with van der Waals surface area (Å²) < 4.78 is 27.1. The van der Waals surface area contributed by atoms with Crippen LogP contribution < -0.4 is 0 Å². The Morgan fingerprint density at radius 3 is 2.38 bits per heavy atom. The van der Waals surface area contributed by atoms with E-state index in [0.29, 0.717) is 19.0 Å². The molecule has 2 fully saturated rings. The summed E-state index contributed by atoms with van der Waals surface area (Å²) in [7, 11) is -0.342. The van der Waals surface area contributed by atoms with Crippen LogP contribution in [-0.4, -0.2) is 68.1 Å². The van der Waals surface area contributed by atoms with E-state index in [2.05, 4.69) is 6.92 Å². The predicted octanol–water partition coefficient (Wildman–Crippen LogP) is 0.763. The molecule has 2 unspecified atom stereocenters. The van der Waals surface area contributed by atoms with Gasteiger partial charge in [0.1, 0.15) is 0 Å². The van der Waals surface area contributed by atoms with Crippen molar-refractivity contribution in [3.05, 3.63) is 0 Å². The molecule has 21 heavy (non-hydrogen) atoms. The molecule has 0 aromatic carbocycles. The molecule has 1 amide bonds. The van der Waals surface area contributed by atoms with Crippen molar-refractivity contribution >= 4 is 16.1 Å². The summed E-state index contributed by atoms with van der Waals surface area (Å²) in [5, 5.41) is 0. The van der Waals surface area contributed by atoms with Crippen LogP contribution in [0.5, 0.6) is 0 Å². The summed E-state index contributed by atoms with van der Waals surface area (Å²) in [5.74, 6) is 0.506. The van der Waals surface area contributed by atoms with Gasteiger partial charge in [0.05, 0.1) is 5.92 Å². The molecule has 7 heteroatoms. The first-order valence-electron chi connectivity index (χ1n) is 7.78. The maximum Gasteiger partial charge on any atom is 0.281 e. The van der Waals surface area contributed by atoms with Crippen LogP contribution in [-0.2, 0) is 15.0 Å². The fourth-order valence-electron chi connectivity index (χ4n) is 3.23. The van der Waals surface area contributed by atoms with Crippen LogP contribution in [0.1, 0.15) is 32.6 Å². The molecule has 2 aliphatic rings. The number of carbonyl (C=O) groups excluding carboxylic acids is 1. The molecule has 2 rings (SSSR count). The van der Waals surface area contributed by atoms with Crippen molar-refractivity contribution in [3.63, 3.8) is 0 Å². The molecular formula is C14H27N3O3S.